The van der Waals surface area contributed by atoms with Gasteiger partial charge in [0.25, 0.3) is 5.84 Å². The van der Waals surface area contributed by atoms with Gasteiger partial charge in [0.05, 0.1) is 10.6 Å². The molecule has 0 bridgehead atoms. The number of rotatable bonds is 5. The molecule has 3 aromatic rings. The standard InChI is InChI=1S/C23H22ClN2.BrH/c24-22-14-8-7-13-21(22)23-25(17-19-9-3-1-4-10-19)15-16-26(23)18-20-11-5-2-6-12-20;/h1-14H,15-18H2;1H/q+1;/p-1. The Morgan fingerprint density at radius 3 is 2.04 bits per heavy atom. The van der Waals surface area contributed by atoms with Gasteiger partial charge in [0.15, 0.2) is 0 Å². The Labute approximate surface area is 176 Å². The molecule has 0 saturated heterocycles. The average molecular weight is 442 g/mol. The molecule has 1 aliphatic heterocycles. The lowest BCUT2D eigenvalue weighted by atomic mass is 10.1. The van der Waals surface area contributed by atoms with Crippen LogP contribution in [-0.2, 0) is 13.1 Å². The Morgan fingerprint density at radius 1 is 0.778 bits per heavy atom. The van der Waals surface area contributed by atoms with Gasteiger partial charge in [-0.25, -0.2) is 0 Å². The highest BCUT2D eigenvalue weighted by Crippen LogP contribution is 2.22. The minimum absolute atomic E-state index is 0. The van der Waals surface area contributed by atoms with Gasteiger partial charge in [-0.3, -0.25) is 9.48 Å². The van der Waals surface area contributed by atoms with Crippen LogP contribution in [0.2, 0.25) is 5.02 Å². The van der Waals surface area contributed by atoms with Crippen molar-refractivity contribution in [2.75, 3.05) is 13.1 Å². The van der Waals surface area contributed by atoms with Crippen molar-refractivity contribution in [1.29, 1.82) is 0 Å². The van der Waals surface area contributed by atoms with Gasteiger partial charge in [-0.15, -0.1) is 0 Å². The summed E-state index contributed by atoms with van der Waals surface area (Å²) >= 11 is 6.57. The third-order valence-corrected chi connectivity index (χ3v) is 5.12. The van der Waals surface area contributed by atoms with Gasteiger partial charge in [-0.1, -0.05) is 84.4 Å². The topological polar surface area (TPSA) is 6.25 Å². The molecule has 0 aromatic heterocycles. The second-order valence-corrected chi connectivity index (χ2v) is 7.02. The molecule has 0 N–H and O–H groups in total. The van der Waals surface area contributed by atoms with Crippen LogP contribution in [0.3, 0.4) is 0 Å². The van der Waals surface area contributed by atoms with Gasteiger partial charge in [0, 0.05) is 0 Å². The Hall–Kier alpha value is -2.10. The number of nitrogens with zero attached hydrogens (tertiary/aromatic N) is 2. The third-order valence-electron chi connectivity index (χ3n) is 4.79. The zero-order chi connectivity index (χ0) is 17.8. The molecule has 3 aromatic carbocycles. The van der Waals surface area contributed by atoms with Crippen LogP contribution in [0.4, 0.5) is 0 Å². The highest BCUT2D eigenvalue weighted by atomic mass is 79.9. The van der Waals surface area contributed by atoms with E-state index in [1.54, 1.807) is 0 Å². The lowest BCUT2D eigenvalue weighted by Gasteiger charge is -2.15. The van der Waals surface area contributed by atoms with Crippen molar-refractivity contribution in [1.82, 2.24) is 4.90 Å². The minimum atomic E-state index is 0. The van der Waals surface area contributed by atoms with Crippen LogP contribution in [0.5, 0.6) is 0 Å². The van der Waals surface area contributed by atoms with E-state index in [0.717, 1.165) is 36.8 Å². The Kier molecular flexibility index (Phi) is 6.70. The quantitative estimate of drug-likeness (QED) is 0.548. The van der Waals surface area contributed by atoms with Crippen LogP contribution >= 0.6 is 11.6 Å². The molecule has 0 aliphatic carbocycles. The van der Waals surface area contributed by atoms with Crippen molar-refractivity contribution in [3.05, 3.63) is 107 Å². The molecule has 0 radical (unpaired) electrons. The Balaban J connectivity index is 0.00000210. The first-order valence-corrected chi connectivity index (χ1v) is 9.38. The van der Waals surface area contributed by atoms with Crippen molar-refractivity contribution >= 4 is 17.4 Å². The first-order valence-electron chi connectivity index (χ1n) is 9.01. The summed E-state index contributed by atoms with van der Waals surface area (Å²) in [7, 11) is 0. The number of hydrogen-bond acceptors (Lipinski definition) is 1. The number of halogens is 2. The largest absolute Gasteiger partial charge is 1.00 e. The molecule has 0 fully saturated rings. The van der Waals surface area contributed by atoms with Gasteiger partial charge >= 0.3 is 0 Å². The van der Waals surface area contributed by atoms with Crippen molar-refractivity contribution in [3.63, 3.8) is 0 Å². The summed E-state index contributed by atoms with van der Waals surface area (Å²) in [5, 5.41) is 0.806. The van der Waals surface area contributed by atoms with Crippen molar-refractivity contribution in [3.8, 4) is 0 Å². The predicted octanol–water partition coefficient (Wildman–Crippen LogP) is 1.82. The van der Waals surface area contributed by atoms with Crippen LogP contribution in [0.25, 0.3) is 0 Å². The first kappa shape index (κ1) is 19.7. The number of benzene rings is 3. The first-order chi connectivity index (χ1) is 12.8. The molecule has 1 aliphatic rings. The number of amidine groups is 1. The van der Waals surface area contributed by atoms with E-state index in [4.69, 9.17) is 11.6 Å². The summed E-state index contributed by atoms with van der Waals surface area (Å²) in [6.07, 6.45) is 0. The molecular formula is C23H22BrClN2. The molecule has 0 unspecified atom stereocenters. The van der Waals surface area contributed by atoms with E-state index in [-0.39, 0.29) is 17.0 Å². The maximum absolute atomic E-state index is 6.57. The lowest BCUT2D eigenvalue weighted by Crippen LogP contribution is -3.00. The second-order valence-electron chi connectivity index (χ2n) is 6.62. The van der Waals surface area contributed by atoms with E-state index in [0.29, 0.717) is 0 Å². The average Bonchev–Trinajstić information content (AvgIpc) is 3.06. The van der Waals surface area contributed by atoms with E-state index in [9.17, 15) is 0 Å². The van der Waals surface area contributed by atoms with Crippen LogP contribution in [-0.4, -0.2) is 28.4 Å². The van der Waals surface area contributed by atoms with E-state index in [1.165, 1.54) is 17.0 Å². The maximum Gasteiger partial charge on any atom is 0.281 e. The fourth-order valence-corrected chi connectivity index (χ4v) is 3.77. The van der Waals surface area contributed by atoms with Gasteiger partial charge in [-0.2, -0.15) is 0 Å². The predicted molar refractivity (Wildman–Crippen MR) is 108 cm³/mol. The fraction of sp³-hybridized carbons (Fsp3) is 0.174. The molecule has 0 atom stereocenters. The number of hydrogen-bond donors (Lipinski definition) is 0. The molecule has 2 nitrogen and oxygen atoms in total. The van der Waals surface area contributed by atoms with Crippen LogP contribution in [0.15, 0.2) is 84.9 Å². The summed E-state index contributed by atoms with van der Waals surface area (Å²) < 4.78 is 2.44. The Bertz CT molecular complexity index is 910. The summed E-state index contributed by atoms with van der Waals surface area (Å²) in [5.41, 5.74) is 3.75. The van der Waals surface area contributed by atoms with Gasteiger partial charge in [-0.05, 0) is 23.3 Å². The summed E-state index contributed by atoms with van der Waals surface area (Å²) in [6.45, 7) is 3.80. The molecule has 0 spiro atoms. The van der Waals surface area contributed by atoms with E-state index in [2.05, 4.69) is 82.3 Å². The van der Waals surface area contributed by atoms with Crippen LogP contribution < -0.4 is 17.0 Å². The second kappa shape index (κ2) is 9.20. The van der Waals surface area contributed by atoms with Gasteiger partial charge in [0.1, 0.15) is 26.2 Å². The summed E-state index contributed by atoms with van der Waals surface area (Å²) in [6, 6.07) is 29.4. The molecule has 27 heavy (non-hydrogen) atoms. The van der Waals surface area contributed by atoms with Crippen LogP contribution in [0, 0.1) is 0 Å². The molecule has 138 valence electrons. The van der Waals surface area contributed by atoms with E-state index >= 15 is 0 Å². The van der Waals surface area contributed by atoms with Crippen LogP contribution in [0.1, 0.15) is 16.7 Å². The van der Waals surface area contributed by atoms with Gasteiger partial charge in [0.2, 0.25) is 0 Å². The Morgan fingerprint density at radius 2 is 1.37 bits per heavy atom. The fourth-order valence-electron chi connectivity index (χ4n) is 3.55. The molecular weight excluding hydrogens is 420 g/mol. The SMILES string of the molecule is Clc1ccccc1C1=[N+](Cc2ccccc2)CCN1Cc1ccccc1.[Br-]. The summed E-state index contributed by atoms with van der Waals surface area (Å²) in [5.74, 6) is 1.23. The summed E-state index contributed by atoms with van der Waals surface area (Å²) in [4.78, 5) is 2.44. The van der Waals surface area contributed by atoms with Gasteiger partial charge < -0.3 is 17.0 Å². The van der Waals surface area contributed by atoms with Crippen molar-refractivity contribution in [2.45, 2.75) is 13.1 Å². The van der Waals surface area contributed by atoms with E-state index < -0.39 is 0 Å². The van der Waals surface area contributed by atoms with Crippen molar-refractivity contribution < 1.29 is 21.6 Å². The molecule has 4 heteroatoms. The smallest absolute Gasteiger partial charge is 0.281 e. The lowest BCUT2D eigenvalue weighted by molar-refractivity contribution is -0.533. The highest BCUT2D eigenvalue weighted by Gasteiger charge is 2.33. The molecule has 1 heterocycles. The third kappa shape index (κ3) is 4.60. The van der Waals surface area contributed by atoms with E-state index in [1.807, 2.05) is 12.1 Å². The van der Waals surface area contributed by atoms with Crippen molar-refractivity contribution in [2.24, 2.45) is 0 Å². The normalized spacial score (nSPS) is 13.6. The molecule has 4 rings (SSSR count). The zero-order valence-electron chi connectivity index (χ0n) is 15.1. The molecule has 0 saturated carbocycles. The zero-order valence-corrected chi connectivity index (χ0v) is 17.4. The molecule has 0 amide bonds. The monoisotopic (exact) mass is 440 g/mol. The highest BCUT2D eigenvalue weighted by molar-refractivity contribution is 6.33. The minimum Gasteiger partial charge on any atom is -1.00 e. The maximum atomic E-state index is 6.57.